The second-order valence-corrected chi connectivity index (χ2v) is 11.7. The van der Waals surface area contributed by atoms with Crippen molar-refractivity contribution >= 4 is 39.9 Å². The van der Waals surface area contributed by atoms with Crippen LogP contribution in [0, 0.1) is 6.92 Å². The first-order valence-electron chi connectivity index (χ1n) is 15.3. The number of aromatic nitrogens is 4. The molecule has 45 heavy (non-hydrogen) atoms. The first-order chi connectivity index (χ1) is 21.6. The van der Waals surface area contributed by atoms with Crippen molar-refractivity contribution in [2.24, 2.45) is 0 Å². The fraction of sp³-hybridized carbons (Fsp3) is 0.438. The third kappa shape index (κ3) is 7.20. The van der Waals surface area contributed by atoms with Crippen molar-refractivity contribution in [3.8, 4) is 0 Å². The van der Waals surface area contributed by atoms with Gasteiger partial charge in [-0.25, -0.2) is 19.9 Å². The van der Waals surface area contributed by atoms with E-state index in [4.69, 9.17) is 9.72 Å². The van der Waals surface area contributed by atoms with E-state index in [0.717, 1.165) is 29.9 Å². The Labute approximate surface area is 260 Å². The second kappa shape index (κ2) is 13.0. The first kappa shape index (κ1) is 30.8. The molecule has 0 radical (unpaired) electrons. The molecule has 2 N–H and O–H groups in total. The van der Waals surface area contributed by atoms with Crippen LogP contribution >= 0.6 is 0 Å². The molecule has 0 amide bonds. The molecule has 0 atom stereocenters. The highest BCUT2D eigenvalue weighted by Crippen LogP contribution is 2.35. The van der Waals surface area contributed by atoms with Crippen molar-refractivity contribution in [1.29, 1.82) is 0 Å². The molecule has 2 saturated heterocycles. The van der Waals surface area contributed by atoms with E-state index in [-0.39, 0.29) is 0 Å². The topological polar surface area (TPSA) is 94.6 Å². The molecule has 238 valence electrons. The SMILES string of the molecule is Cc1ccc(CNc2cc(N3CCN(C(C)C)CC3)cc(C(F)(F)F)c2)cc1Nc1ncnc2cnc(N3CCOCC3)nc12. The number of aryl methyl sites for hydroxylation is 1. The number of alkyl halides is 3. The Hall–Kier alpha value is -4.23. The molecule has 2 aromatic heterocycles. The number of halogens is 3. The average Bonchev–Trinajstić information content (AvgIpc) is 3.05. The smallest absolute Gasteiger partial charge is 0.381 e. The summed E-state index contributed by atoms with van der Waals surface area (Å²) in [4.78, 5) is 24.5. The van der Waals surface area contributed by atoms with E-state index in [1.807, 2.05) is 36.1 Å². The number of piperazine rings is 1. The van der Waals surface area contributed by atoms with Gasteiger partial charge in [-0.1, -0.05) is 12.1 Å². The number of fused-ring (bicyclic) bond motifs is 1. The van der Waals surface area contributed by atoms with Crippen LogP contribution in [-0.2, 0) is 17.5 Å². The molecule has 2 fully saturated rings. The predicted octanol–water partition coefficient (Wildman–Crippen LogP) is 5.47. The third-order valence-corrected chi connectivity index (χ3v) is 8.37. The van der Waals surface area contributed by atoms with Crippen LogP contribution in [0.1, 0.15) is 30.5 Å². The van der Waals surface area contributed by atoms with Crippen molar-refractivity contribution in [1.82, 2.24) is 24.8 Å². The highest BCUT2D eigenvalue weighted by atomic mass is 19.4. The minimum absolute atomic E-state index is 0.338. The van der Waals surface area contributed by atoms with E-state index in [9.17, 15) is 13.2 Å². The summed E-state index contributed by atoms with van der Waals surface area (Å²) in [5, 5.41) is 6.64. The van der Waals surface area contributed by atoms with Crippen molar-refractivity contribution in [3.63, 3.8) is 0 Å². The molecule has 2 aliphatic rings. The third-order valence-electron chi connectivity index (χ3n) is 8.37. The fourth-order valence-corrected chi connectivity index (χ4v) is 5.65. The molecule has 4 aromatic rings. The number of hydrogen-bond acceptors (Lipinski definition) is 10. The largest absolute Gasteiger partial charge is 0.416 e. The van der Waals surface area contributed by atoms with Gasteiger partial charge in [0.2, 0.25) is 5.95 Å². The summed E-state index contributed by atoms with van der Waals surface area (Å²) in [6.45, 7) is 12.3. The number of hydrogen-bond donors (Lipinski definition) is 2. The van der Waals surface area contributed by atoms with E-state index in [1.165, 1.54) is 18.5 Å². The second-order valence-electron chi connectivity index (χ2n) is 11.7. The molecular weight excluding hydrogens is 583 g/mol. The first-order valence-corrected chi connectivity index (χ1v) is 15.3. The van der Waals surface area contributed by atoms with Gasteiger partial charge in [-0.05, 0) is 56.2 Å². The summed E-state index contributed by atoms with van der Waals surface area (Å²) in [6.07, 6.45) is -1.28. The zero-order chi connectivity index (χ0) is 31.6. The van der Waals surface area contributed by atoms with Gasteiger partial charge in [0.15, 0.2) is 5.82 Å². The Kier molecular flexibility index (Phi) is 8.90. The van der Waals surface area contributed by atoms with E-state index in [2.05, 4.69) is 49.2 Å². The summed E-state index contributed by atoms with van der Waals surface area (Å²) in [7, 11) is 0. The van der Waals surface area contributed by atoms with Crippen LogP contribution in [0.4, 0.5) is 42.0 Å². The molecule has 2 aromatic carbocycles. The van der Waals surface area contributed by atoms with Gasteiger partial charge < -0.3 is 25.2 Å². The molecule has 2 aliphatic heterocycles. The van der Waals surface area contributed by atoms with Gasteiger partial charge in [0, 0.05) is 68.9 Å². The quantitative estimate of drug-likeness (QED) is 0.264. The number of anilines is 5. The Morgan fingerprint density at radius 1 is 0.911 bits per heavy atom. The Morgan fingerprint density at radius 3 is 2.42 bits per heavy atom. The molecule has 6 rings (SSSR count). The lowest BCUT2D eigenvalue weighted by molar-refractivity contribution is -0.137. The Balaban J connectivity index is 1.21. The maximum atomic E-state index is 13.9. The van der Waals surface area contributed by atoms with E-state index >= 15 is 0 Å². The van der Waals surface area contributed by atoms with Gasteiger partial charge in [-0.3, -0.25) is 4.90 Å². The van der Waals surface area contributed by atoms with Gasteiger partial charge in [0.1, 0.15) is 17.4 Å². The monoisotopic (exact) mass is 621 g/mol. The molecule has 4 heterocycles. The fourth-order valence-electron chi connectivity index (χ4n) is 5.65. The van der Waals surface area contributed by atoms with Gasteiger partial charge >= 0.3 is 6.18 Å². The zero-order valence-corrected chi connectivity index (χ0v) is 25.7. The van der Waals surface area contributed by atoms with Crippen LogP contribution in [0.15, 0.2) is 48.9 Å². The molecule has 0 bridgehead atoms. The lowest BCUT2D eigenvalue weighted by Gasteiger charge is -2.38. The van der Waals surface area contributed by atoms with Crippen LogP contribution in [0.5, 0.6) is 0 Å². The van der Waals surface area contributed by atoms with Gasteiger partial charge in [0.05, 0.1) is 25.0 Å². The van der Waals surface area contributed by atoms with Crippen molar-refractivity contribution < 1.29 is 17.9 Å². The number of morpholine rings is 1. The number of nitrogens with one attached hydrogen (secondary N) is 2. The van der Waals surface area contributed by atoms with Crippen molar-refractivity contribution in [2.75, 3.05) is 72.9 Å². The minimum atomic E-state index is -4.45. The highest BCUT2D eigenvalue weighted by molar-refractivity contribution is 5.87. The van der Waals surface area contributed by atoms with E-state index < -0.39 is 11.7 Å². The summed E-state index contributed by atoms with van der Waals surface area (Å²) in [5.74, 6) is 1.14. The summed E-state index contributed by atoms with van der Waals surface area (Å²) in [6, 6.07) is 10.6. The predicted molar refractivity (Wildman–Crippen MR) is 170 cm³/mol. The van der Waals surface area contributed by atoms with Crippen LogP contribution in [0.25, 0.3) is 11.0 Å². The van der Waals surface area contributed by atoms with Gasteiger partial charge in [0.25, 0.3) is 0 Å². The molecule has 13 heteroatoms. The van der Waals surface area contributed by atoms with E-state index in [0.29, 0.717) is 86.2 Å². The lowest BCUT2D eigenvalue weighted by Crippen LogP contribution is -2.48. The summed E-state index contributed by atoms with van der Waals surface area (Å²) in [5.41, 5.74) is 4.26. The molecule has 0 unspecified atom stereocenters. The molecule has 0 saturated carbocycles. The van der Waals surface area contributed by atoms with Crippen molar-refractivity contribution in [3.05, 3.63) is 65.6 Å². The molecular formula is C32H38F3N9O. The maximum absolute atomic E-state index is 13.9. The zero-order valence-electron chi connectivity index (χ0n) is 25.7. The van der Waals surface area contributed by atoms with Crippen LogP contribution < -0.4 is 20.4 Å². The molecule has 0 spiro atoms. The van der Waals surface area contributed by atoms with Gasteiger partial charge in [-0.2, -0.15) is 13.2 Å². The summed E-state index contributed by atoms with van der Waals surface area (Å²) < 4.78 is 47.2. The number of nitrogens with zero attached hydrogens (tertiary/aromatic N) is 7. The van der Waals surface area contributed by atoms with E-state index in [1.54, 1.807) is 6.20 Å². The van der Waals surface area contributed by atoms with Crippen LogP contribution in [0.3, 0.4) is 0 Å². The highest BCUT2D eigenvalue weighted by Gasteiger charge is 2.32. The maximum Gasteiger partial charge on any atom is 0.416 e. The van der Waals surface area contributed by atoms with Crippen LogP contribution in [-0.4, -0.2) is 83.4 Å². The average molecular weight is 622 g/mol. The van der Waals surface area contributed by atoms with Gasteiger partial charge in [-0.15, -0.1) is 0 Å². The normalized spacial score (nSPS) is 16.4. The minimum Gasteiger partial charge on any atom is -0.381 e. The molecule has 10 nitrogen and oxygen atoms in total. The number of rotatable bonds is 8. The van der Waals surface area contributed by atoms with Crippen molar-refractivity contribution in [2.45, 2.75) is 39.5 Å². The Bertz CT molecular complexity index is 1630. The number of benzene rings is 2. The summed E-state index contributed by atoms with van der Waals surface area (Å²) >= 11 is 0. The standard InChI is InChI=1S/C32H38F3N9O/c1-21(2)42-6-8-43(9-7-42)26-16-24(32(33,34)35)15-25(17-26)36-18-23-5-4-22(3)27(14-23)40-30-29-28(38-20-39-30)19-37-31(41-29)44-10-12-45-13-11-44/h4-5,14-17,19-21,36H,6-13,18H2,1-3H3,(H,38,39,40). The molecule has 0 aliphatic carbocycles. The number of ether oxygens (including phenoxy) is 1. The Morgan fingerprint density at radius 2 is 1.69 bits per heavy atom. The lowest BCUT2D eigenvalue weighted by atomic mass is 10.1. The van der Waals surface area contributed by atoms with Crippen LogP contribution in [0.2, 0.25) is 0 Å².